The highest BCUT2D eigenvalue weighted by atomic mass is 19.4. The van der Waals surface area contributed by atoms with Crippen LogP contribution in [-0.2, 0) is 19.8 Å². The third-order valence-corrected chi connectivity index (χ3v) is 3.29. The zero-order valence-corrected chi connectivity index (χ0v) is 12.5. The summed E-state index contributed by atoms with van der Waals surface area (Å²) in [6.45, 7) is 1.61. The first-order chi connectivity index (χ1) is 10.7. The minimum Gasteiger partial charge on any atom is -0.350 e. The van der Waals surface area contributed by atoms with Crippen molar-refractivity contribution in [3.63, 3.8) is 0 Å². The van der Waals surface area contributed by atoms with Crippen molar-refractivity contribution < 1.29 is 18.0 Å². The number of aromatic nitrogens is 3. The molecule has 124 valence electrons. The number of nitrogens with one attached hydrogen (secondary N) is 1. The number of amides is 1. The molecule has 1 aromatic heterocycles. The van der Waals surface area contributed by atoms with Crippen molar-refractivity contribution in [2.24, 2.45) is 7.05 Å². The Morgan fingerprint density at radius 3 is 2.52 bits per heavy atom. The monoisotopic (exact) mass is 328 g/mol. The summed E-state index contributed by atoms with van der Waals surface area (Å²) in [7, 11) is 1.00. The lowest BCUT2D eigenvalue weighted by Gasteiger charge is -2.07. The Bertz CT molecular complexity index is 777. The molecule has 2 rings (SSSR count). The van der Waals surface area contributed by atoms with Crippen LogP contribution in [0.4, 0.5) is 13.2 Å². The third-order valence-electron chi connectivity index (χ3n) is 3.29. The lowest BCUT2D eigenvalue weighted by Crippen LogP contribution is -2.32. The predicted molar refractivity (Wildman–Crippen MR) is 76.0 cm³/mol. The van der Waals surface area contributed by atoms with Crippen molar-refractivity contribution in [1.82, 2.24) is 19.7 Å². The van der Waals surface area contributed by atoms with Gasteiger partial charge in [-0.1, -0.05) is 18.2 Å². The van der Waals surface area contributed by atoms with Crippen LogP contribution < -0.4 is 11.0 Å². The van der Waals surface area contributed by atoms with Crippen molar-refractivity contribution in [3.05, 3.63) is 51.7 Å². The second kappa shape index (κ2) is 6.27. The molecule has 0 aliphatic carbocycles. The number of benzene rings is 1. The first kappa shape index (κ1) is 16.8. The second-order valence-corrected chi connectivity index (χ2v) is 4.96. The molecule has 0 unspecified atom stereocenters. The highest BCUT2D eigenvalue weighted by Gasteiger charge is 2.37. The van der Waals surface area contributed by atoms with E-state index >= 15 is 0 Å². The smallest absolute Gasteiger partial charge is 0.350 e. The van der Waals surface area contributed by atoms with E-state index in [4.69, 9.17) is 0 Å². The molecule has 0 radical (unpaired) electrons. The molecule has 0 bridgehead atoms. The Kier molecular flexibility index (Phi) is 4.57. The summed E-state index contributed by atoms with van der Waals surface area (Å²) < 4.78 is 39.1. The summed E-state index contributed by atoms with van der Waals surface area (Å²) in [5.41, 5.74) is 0.360. The lowest BCUT2D eigenvalue weighted by molar-refractivity contribution is -0.147. The molecule has 0 aliphatic heterocycles. The van der Waals surface area contributed by atoms with E-state index in [0.29, 0.717) is 14.8 Å². The maximum absolute atomic E-state index is 12.7. The predicted octanol–water partition coefficient (Wildman–Crippen LogP) is 1.34. The Hall–Kier alpha value is -2.58. The molecule has 0 spiro atoms. The van der Waals surface area contributed by atoms with Crippen LogP contribution in [0.3, 0.4) is 0 Å². The van der Waals surface area contributed by atoms with E-state index < -0.39 is 17.7 Å². The van der Waals surface area contributed by atoms with E-state index in [9.17, 15) is 22.8 Å². The molecular formula is C14H15F3N4O2. The molecule has 2 aromatic rings. The zero-order chi connectivity index (χ0) is 17.2. The first-order valence-corrected chi connectivity index (χ1v) is 6.76. The van der Waals surface area contributed by atoms with Crippen LogP contribution >= 0.6 is 0 Å². The van der Waals surface area contributed by atoms with Gasteiger partial charge in [-0.2, -0.15) is 13.2 Å². The fraction of sp³-hybridized carbons (Fsp3) is 0.357. The van der Waals surface area contributed by atoms with Crippen molar-refractivity contribution in [2.45, 2.75) is 19.6 Å². The molecule has 1 N–H and O–H groups in total. The largest absolute Gasteiger partial charge is 0.451 e. The van der Waals surface area contributed by atoms with E-state index in [-0.39, 0.29) is 19.0 Å². The number of carbonyl (C=O) groups excluding carboxylic acids is 1. The second-order valence-electron chi connectivity index (χ2n) is 4.96. The molecular weight excluding hydrogens is 313 g/mol. The van der Waals surface area contributed by atoms with Crippen LogP contribution in [0, 0.1) is 6.92 Å². The molecule has 0 saturated heterocycles. The number of halogens is 3. The number of hydrogen-bond donors (Lipinski definition) is 1. The molecule has 23 heavy (non-hydrogen) atoms. The molecule has 0 fully saturated rings. The van der Waals surface area contributed by atoms with Gasteiger partial charge in [-0.05, 0) is 18.6 Å². The average Bonchev–Trinajstić information content (AvgIpc) is 2.76. The number of alkyl halides is 3. The molecule has 6 nitrogen and oxygen atoms in total. The normalized spacial score (nSPS) is 11.5. The van der Waals surface area contributed by atoms with Crippen LogP contribution in [-0.4, -0.2) is 26.8 Å². The third kappa shape index (κ3) is 3.61. The van der Waals surface area contributed by atoms with Crippen LogP contribution in [0.1, 0.15) is 21.7 Å². The van der Waals surface area contributed by atoms with Gasteiger partial charge in [0, 0.05) is 19.2 Å². The van der Waals surface area contributed by atoms with E-state index in [1.807, 2.05) is 0 Å². The molecule has 1 heterocycles. The highest BCUT2D eigenvalue weighted by Crippen LogP contribution is 2.25. The van der Waals surface area contributed by atoms with Crippen molar-refractivity contribution in [3.8, 4) is 0 Å². The van der Waals surface area contributed by atoms with E-state index in [1.54, 1.807) is 31.2 Å². The van der Waals surface area contributed by atoms with Crippen molar-refractivity contribution >= 4 is 5.91 Å². The summed E-state index contributed by atoms with van der Waals surface area (Å²) in [6.07, 6.45) is -4.70. The SMILES string of the molecule is Cc1ccccc1C(=O)NCCn1nc(C(F)(F)F)n(C)c1=O. The van der Waals surface area contributed by atoms with Crippen LogP contribution in [0.2, 0.25) is 0 Å². The van der Waals surface area contributed by atoms with Gasteiger partial charge in [0.2, 0.25) is 5.82 Å². The number of carbonyl (C=O) groups is 1. The fourth-order valence-corrected chi connectivity index (χ4v) is 2.08. The van der Waals surface area contributed by atoms with E-state index in [0.717, 1.165) is 12.6 Å². The Balaban J connectivity index is 2.04. The van der Waals surface area contributed by atoms with E-state index in [2.05, 4.69) is 10.4 Å². The number of rotatable bonds is 4. The maximum Gasteiger partial charge on any atom is 0.451 e. The van der Waals surface area contributed by atoms with Gasteiger partial charge >= 0.3 is 11.9 Å². The minimum absolute atomic E-state index is 0.0125. The molecule has 0 atom stereocenters. The minimum atomic E-state index is -4.70. The Morgan fingerprint density at radius 1 is 1.30 bits per heavy atom. The maximum atomic E-state index is 12.7. The van der Waals surface area contributed by atoms with Crippen LogP contribution in [0.25, 0.3) is 0 Å². The van der Waals surface area contributed by atoms with Gasteiger partial charge in [0.25, 0.3) is 5.91 Å². The first-order valence-electron chi connectivity index (χ1n) is 6.76. The summed E-state index contributed by atoms with van der Waals surface area (Å²) in [5, 5.41) is 5.81. The number of aryl methyl sites for hydroxylation is 1. The Morgan fingerprint density at radius 2 is 1.96 bits per heavy atom. The van der Waals surface area contributed by atoms with Gasteiger partial charge in [0.1, 0.15) is 0 Å². The topological polar surface area (TPSA) is 68.9 Å². The zero-order valence-electron chi connectivity index (χ0n) is 12.5. The van der Waals surface area contributed by atoms with E-state index in [1.165, 1.54) is 0 Å². The fourth-order valence-electron chi connectivity index (χ4n) is 2.08. The van der Waals surface area contributed by atoms with Gasteiger partial charge in [-0.25, -0.2) is 9.48 Å². The molecule has 0 saturated carbocycles. The van der Waals surface area contributed by atoms with Gasteiger partial charge < -0.3 is 5.32 Å². The van der Waals surface area contributed by atoms with Crippen molar-refractivity contribution in [2.75, 3.05) is 6.54 Å². The van der Waals surface area contributed by atoms with Crippen molar-refractivity contribution in [1.29, 1.82) is 0 Å². The summed E-state index contributed by atoms with van der Waals surface area (Å²) in [6, 6.07) is 6.91. The molecule has 1 aromatic carbocycles. The summed E-state index contributed by atoms with van der Waals surface area (Å²) in [4.78, 5) is 23.7. The van der Waals surface area contributed by atoms with Crippen LogP contribution in [0.5, 0.6) is 0 Å². The quantitative estimate of drug-likeness (QED) is 0.921. The summed E-state index contributed by atoms with van der Waals surface area (Å²) >= 11 is 0. The molecule has 9 heteroatoms. The highest BCUT2D eigenvalue weighted by molar-refractivity contribution is 5.95. The molecule has 0 aliphatic rings. The van der Waals surface area contributed by atoms with Gasteiger partial charge in [0.15, 0.2) is 0 Å². The average molecular weight is 328 g/mol. The van der Waals surface area contributed by atoms with Gasteiger partial charge in [0.05, 0.1) is 6.54 Å². The number of hydrogen-bond acceptors (Lipinski definition) is 3. The van der Waals surface area contributed by atoms with Gasteiger partial charge in [-0.15, -0.1) is 5.10 Å². The van der Waals surface area contributed by atoms with Gasteiger partial charge in [-0.3, -0.25) is 9.36 Å². The lowest BCUT2D eigenvalue weighted by atomic mass is 10.1. The Labute approximate surface area is 129 Å². The summed E-state index contributed by atoms with van der Waals surface area (Å²) in [5.74, 6) is -1.63. The standard InChI is InChI=1S/C14H15F3N4O2/c1-9-5-3-4-6-10(9)11(22)18-7-8-21-13(23)20(2)12(19-21)14(15,16)17/h3-6H,7-8H2,1-2H3,(H,18,22). The van der Waals surface area contributed by atoms with Crippen LogP contribution in [0.15, 0.2) is 29.1 Å². The number of nitrogens with zero attached hydrogens (tertiary/aromatic N) is 3. The molecule has 1 amide bonds.